The third-order valence-corrected chi connectivity index (χ3v) is 3.80. The van der Waals surface area contributed by atoms with Gasteiger partial charge in [-0.3, -0.25) is 0 Å². The van der Waals surface area contributed by atoms with Crippen molar-refractivity contribution in [2.45, 2.75) is 0 Å². The third-order valence-electron chi connectivity index (χ3n) is 3.27. The number of benzene rings is 3. The van der Waals surface area contributed by atoms with Crippen LogP contribution in [0.3, 0.4) is 0 Å². The van der Waals surface area contributed by atoms with Crippen molar-refractivity contribution in [3.63, 3.8) is 0 Å². The van der Waals surface area contributed by atoms with Crippen LogP contribution in [-0.4, -0.2) is 5.11 Å². The van der Waals surface area contributed by atoms with Crippen LogP contribution in [0.15, 0.2) is 48.5 Å². The van der Waals surface area contributed by atoms with Gasteiger partial charge in [0, 0.05) is 16.1 Å². The molecular weight excluding hydrogens is 293 g/mol. The SMILES string of the molecule is Nc1c(Cl)cc(Cl)cc1-c1c(O)ccc2ccccc12. The highest BCUT2D eigenvalue weighted by atomic mass is 35.5. The van der Waals surface area contributed by atoms with E-state index < -0.39 is 0 Å². The minimum absolute atomic E-state index is 0.147. The molecule has 20 heavy (non-hydrogen) atoms. The summed E-state index contributed by atoms with van der Waals surface area (Å²) in [5.41, 5.74) is 7.73. The molecule has 0 heterocycles. The standard InChI is InChI=1S/C16H11Cl2NO/c17-10-7-12(16(19)13(18)8-10)15-11-4-2-1-3-9(11)5-6-14(15)20/h1-8,20H,19H2. The lowest BCUT2D eigenvalue weighted by atomic mass is 9.96. The van der Waals surface area contributed by atoms with Crippen molar-refractivity contribution in [1.29, 1.82) is 0 Å². The second kappa shape index (κ2) is 4.89. The van der Waals surface area contributed by atoms with Gasteiger partial charge in [0.25, 0.3) is 0 Å². The van der Waals surface area contributed by atoms with E-state index in [2.05, 4.69) is 0 Å². The molecule has 0 aliphatic carbocycles. The molecule has 0 unspecified atom stereocenters. The Morgan fingerprint density at radius 2 is 1.70 bits per heavy atom. The molecular formula is C16H11Cl2NO. The Morgan fingerprint density at radius 3 is 2.50 bits per heavy atom. The topological polar surface area (TPSA) is 46.2 Å². The number of hydrogen-bond donors (Lipinski definition) is 2. The maximum Gasteiger partial charge on any atom is 0.124 e. The summed E-state index contributed by atoms with van der Waals surface area (Å²) < 4.78 is 0. The van der Waals surface area contributed by atoms with Crippen LogP contribution in [0.4, 0.5) is 5.69 Å². The van der Waals surface area contributed by atoms with Crippen LogP contribution in [0.5, 0.6) is 5.75 Å². The molecule has 100 valence electrons. The Morgan fingerprint density at radius 1 is 0.950 bits per heavy atom. The van der Waals surface area contributed by atoms with Gasteiger partial charge in [0.15, 0.2) is 0 Å². The van der Waals surface area contributed by atoms with Crippen LogP contribution < -0.4 is 5.73 Å². The third kappa shape index (κ3) is 2.07. The predicted octanol–water partition coefficient (Wildman–Crippen LogP) is 5.10. The maximum atomic E-state index is 10.2. The molecule has 0 radical (unpaired) electrons. The molecule has 0 fully saturated rings. The number of nitrogens with two attached hydrogens (primary N) is 1. The monoisotopic (exact) mass is 303 g/mol. The van der Waals surface area contributed by atoms with Crippen molar-refractivity contribution in [1.82, 2.24) is 0 Å². The van der Waals surface area contributed by atoms with Crippen molar-refractivity contribution in [2.24, 2.45) is 0 Å². The lowest BCUT2D eigenvalue weighted by molar-refractivity contribution is 0.478. The summed E-state index contributed by atoms with van der Waals surface area (Å²) in [6.07, 6.45) is 0. The van der Waals surface area contributed by atoms with Crippen LogP contribution in [0.25, 0.3) is 21.9 Å². The summed E-state index contributed by atoms with van der Waals surface area (Å²) in [5.74, 6) is 0.147. The van der Waals surface area contributed by atoms with E-state index in [0.717, 1.165) is 10.8 Å². The zero-order valence-electron chi connectivity index (χ0n) is 10.4. The van der Waals surface area contributed by atoms with Crippen molar-refractivity contribution in [3.8, 4) is 16.9 Å². The summed E-state index contributed by atoms with van der Waals surface area (Å²) in [7, 11) is 0. The van der Waals surface area contributed by atoms with Crippen molar-refractivity contribution in [2.75, 3.05) is 5.73 Å². The summed E-state index contributed by atoms with van der Waals surface area (Å²) in [6, 6.07) is 14.6. The van der Waals surface area contributed by atoms with E-state index in [-0.39, 0.29) is 5.75 Å². The number of rotatable bonds is 1. The molecule has 3 aromatic carbocycles. The first kappa shape index (κ1) is 13.1. The number of phenols is 1. The average Bonchev–Trinajstić information content (AvgIpc) is 2.43. The molecule has 3 N–H and O–H groups in total. The Labute approximate surface area is 126 Å². The fraction of sp³-hybridized carbons (Fsp3) is 0. The minimum Gasteiger partial charge on any atom is -0.507 e. The molecule has 0 aliphatic heterocycles. The molecule has 2 nitrogen and oxygen atoms in total. The number of nitrogen functional groups attached to an aromatic ring is 1. The van der Waals surface area contributed by atoms with Gasteiger partial charge in [-0.15, -0.1) is 0 Å². The van der Waals surface area contributed by atoms with Crippen LogP contribution in [0, 0.1) is 0 Å². The van der Waals surface area contributed by atoms with Crippen molar-refractivity contribution >= 4 is 39.7 Å². The van der Waals surface area contributed by atoms with E-state index in [1.54, 1.807) is 18.2 Å². The van der Waals surface area contributed by atoms with E-state index in [9.17, 15) is 5.11 Å². The van der Waals surface area contributed by atoms with E-state index in [1.807, 2.05) is 30.3 Å². The smallest absolute Gasteiger partial charge is 0.124 e. The molecule has 0 saturated carbocycles. The molecule has 0 aromatic heterocycles. The molecule has 0 bridgehead atoms. The van der Waals surface area contributed by atoms with Crippen molar-refractivity contribution < 1.29 is 5.11 Å². The number of fused-ring (bicyclic) bond motifs is 1. The summed E-state index contributed by atoms with van der Waals surface area (Å²) in [5, 5.41) is 13.0. The zero-order chi connectivity index (χ0) is 14.3. The Kier molecular flexibility index (Phi) is 3.20. The first-order valence-electron chi connectivity index (χ1n) is 6.03. The number of aromatic hydroxyl groups is 1. The summed E-state index contributed by atoms with van der Waals surface area (Å²) in [4.78, 5) is 0. The van der Waals surface area contributed by atoms with Crippen molar-refractivity contribution in [3.05, 3.63) is 58.6 Å². The van der Waals surface area contributed by atoms with Crippen LogP contribution in [0.1, 0.15) is 0 Å². The van der Waals surface area contributed by atoms with E-state index in [1.165, 1.54) is 0 Å². The van der Waals surface area contributed by atoms with E-state index >= 15 is 0 Å². The van der Waals surface area contributed by atoms with Gasteiger partial charge in [0.05, 0.1) is 10.7 Å². The molecule has 4 heteroatoms. The number of halogens is 2. The van der Waals surface area contributed by atoms with Crippen LogP contribution in [0.2, 0.25) is 10.0 Å². The molecule has 0 saturated heterocycles. The van der Waals surface area contributed by atoms with Gasteiger partial charge in [-0.1, -0.05) is 53.5 Å². The average molecular weight is 304 g/mol. The van der Waals surface area contributed by atoms with E-state index in [4.69, 9.17) is 28.9 Å². The number of anilines is 1. The predicted molar refractivity (Wildman–Crippen MR) is 85.5 cm³/mol. The molecule has 3 rings (SSSR count). The Hall–Kier alpha value is -1.90. The van der Waals surface area contributed by atoms with Gasteiger partial charge in [0.2, 0.25) is 0 Å². The van der Waals surface area contributed by atoms with Gasteiger partial charge in [-0.2, -0.15) is 0 Å². The van der Waals surface area contributed by atoms with Gasteiger partial charge >= 0.3 is 0 Å². The highest BCUT2D eigenvalue weighted by molar-refractivity contribution is 6.37. The fourth-order valence-electron chi connectivity index (χ4n) is 2.33. The molecule has 0 amide bonds. The van der Waals surface area contributed by atoms with Gasteiger partial charge < -0.3 is 10.8 Å². The molecule has 0 spiro atoms. The number of phenolic OH excluding ortho intramolecular Hbond substituents is 1. The Bertz CT molecular complexity index is 815. The van der Waals surface area contributed by atoms with Gasteiger partial charge in [-0.05, 0) is 29.0 Å². The highest BCUT2D eigenvalue weighted by Gasteiger charge is 2.14. The first-order chi connectivity index (χ1) is 9.58. The fourth-order valence-corrected chi connectivity index (χ4v) is 2.83. The second-order valence-electron chi connectivity index (χ2n) is 4.53. The van der Waals surface area contributed by atoms with Gasteiger partial charge in [0.1, 0.15) is 5.75 Å². The normalized spacial score (nSPS) is 10.9. The lowest BCUT2D eigenvalue weighted by Gasteiger charge is -2.13. The molecule has 0 aliphatic rings. The summed E-state index contributed by atoms with van der Waals surface area (Å²) >= 11 is 12.1. The number of hydrogen-bond acceptors (Lipinski definition) is 2. The Balaban J connectivity index is 2.43. The highest BCUT2D eigenvalue weighted by Crippen LogP contribution is 2.42. The quantitative estimate of drug-likeness (QED) is 0.614. The van der Waals surface area contributed by atoms with Crippen LogP contribution >= 0.6 is 23.2 Å². The largest absolute Gasteiger partial charge is 0.507 e. The summed E-state index contributed by atoms with van der Waals surface area (Å²) in [6.45, 7) is 0. The van der Waals surface area contributed by atoms with Gasteiger partial charge in [-0.25, -0.2) is 0 Å². The van der Waals surface area contributed by atoms with Crippen LogP contribution in [-0.2, 0) is 0 Å². The molecule has 0 atom stereocenters. The minimum atomic E-state index is 0.147. The van der Waals surface area contributed by atoms with E-state index in [0.29, 0.717) is 26.9 Å². The molecule has 3 aromatic rings. The second-order valence-corrected chi connectivity index (χ2v) is 5.37. The zero-order valence-corrected chi connectivity index (χ0v) is 11.9. The first-order valence-corrected chi connectivity index (χ1v) is 6.79. The maximum absolute atomic E-state index is 10.2. The lowest BCUT2D eigenvalue weighted by Crippen LogP contribution is -1.93.